The first-order valence-electron chi connectivity index (χ1n) is 35.4. The van der Waals surface area contributed by atoms with Gasteiger partial charge in [0.05, 0.1) is 36.4 Å². The Balaban J connectivity index is 0.723. The number of allylic oxidation sites excluding steroid dienone is 2. The SMILES string of the molecule is CC1O[C@@H](OC(=O)[C@]23CCC(C)(C)CC2C2=CCC4C5(C)CC[C@H](O[C@@H]6OC(C(=O)NCCCCCCCCc7ccc(Oc8ccccc8)cc7)[C@@H](O)[C@H](O)C6O)[C@](C)(C=O)[C@@H]5CC[C@]4(C)[C@]2(C)CC3O)C(O[C@@H]2OC(C)[C@H](O[C@@H]3OC[C@@H](O)[C@H](O)C3O)[C@H](O)C2O)[C@@H](O)[C@H]1O. The molecule has 4 heterocycles. The Bertz CT molecular complexity index is 3050. The van der Waals surface area contributed by atoms with E-state index in [-0.39, 0.29) is 36.7 Å². The molecular weight excluding hydrogens is 1260 g/mol. The number of esters is 1. The summed E-state index contributed by atoms with van der Waals surface area (Å²) in [5.74, 6) is -0.693. The van der Waals surface area contributed by atoms with Crippen molar-refractivity contribution in [2.24, 2.45) is 50.2 Å². The highest BCUT2D eigenvalue weighted by atomic mass is 16.8. The Kier molecular flexibility index (Phi) is 22.4. The molecule has 0 spiro atoms. The normalized spacial score (nSPS) is 45.6. The van der Waals surface area contributed by atoms with E-state index in [9.17, 15) is 65.8 Å². The minimum absolute atomic E-state index is 0.0364. The van der Waals surface area contributed by atoms with Gasteiger partial charge in [-0.15, -0.1) is 0 Å². The molecule has 2 aromatic rings. The molecule has 97 heavy (non-hydrogen) atoms. The van der Waals surface area contributed by atoms with Crippen LogP contribution in [0.3, 0.4) is 0 Å². The largest absolute Gasteiger partial charge is 0.457 e. The predicted molar refractivity (Wildman–Crippen MR) is 346 cm³/mol. The fourth-order valence-corrected chi connectivity index (χ4v) is 18.9. The van der Waals surface area contributed by atoms with Crippen LogP contribution in [0.1, 0.15) is 157 Å². The number of benzene rings is 2. The van der Waals surface area contributed by atoms with E-state index in [0.717, 1.165) is 61.9 Å². The lowest BCUT2D eigenvalue weighted by molar-refractivity contribution is -0.373. The van der Waals surface area contributed by atoms with Crippen molar-refractivity contribution < 1.29 is 113 Å². The number of carbonyl (C=O) groups excluding carboxylic acids is 3. The summed E-state index contributed by atoms with van der Waals surface area (Å²) < 4.78 is 54.3. The van der Waals surface area contributed by atoms with E-state index in [1.165, 1.54) is 19.4 Å². The minimum atomic E-state index is -1.91. The Morgan fingerprint density at radius 2 is 1.23 bits per heavy atom. The molecular formula is C73H107NO23. The quantitative estimate of drug-likeness (QED) is 0.0272. The van der Waals surface area contributed by atoms with E-state index in [1.807, 2.05) is 49.4 Å². The number of aliphatic hydroxyl groups excluding tert-OH is 11. The monoisotopic (exact) mass is 1370 g/mol. The number of aldehydes is 1. The number of nitrogens with one attached hydrogen (secondary N) is 1. The molecule has 0 bridgehead atoms. The first-order chi connectivity index (χ1) is 45.9. The Morgan fingerprint density at radius 3 is 1.94 bits per heavy atom. The maximum absolute atomic E-state index is 15.6. The first-order valence-corrected chi connectivity index (χ1v) is 35.4. The van der Waals surface area contributed by atoms with Gasteiger partial charge in [-0.3, -0.25) is 9.59 Å². The van der Waals surface area contributed by atoms with Gasteiger partial charge in [0, 0.05) is 6.54 Å². The number of rotatable bonds is 21. The summed E-state index contributed by atoms with van der Waals surface area (Å²) in [6.07, 6.45) is -18.5. The van der Waals surface area contributed by atoms with Gasteiger partial charge in [0.25, 0.3) is 5.91 Å². The molecule has 24 nitrogen and oxygen atoms in total. The highest BCUT2D eigenvalue weighted by Gasteiger charge is 2.73. The van der Waals surface area contributed by atoms with Crippen molar-refractivity contribution in [3.05, 3.63) is 71.8 Å². The van der Waals surface area contributed by atoms with Crippen LogP contribution in [-0.4, -0.2) is 216 Å². The molecule has 5 aliphatic carbocycles. The van der Waals surface area contributed by atoms with Gasteiger partial charge in [-0.2, -0.15) is 0 Å². The lowest BCUT2D eigenvalue weighted by Crippen LogP contribution is -2.69. The van der Waals surface area contributed by atoms with Gasteiger partial charge < -0.3 is 109 Å². The fourth-order valence-electron chi connectivity index (χ4n) is 18.9. The summed E-state index contributed by atoms with van der Waals surface area (Å²) in [4.78, 5) is 43.1. The molecule has 29 atom stereocenters. The second kappa shape index (κ2) is 29.3. The van der Waals surface area contributed by atoms with Gasteiger partial charge >= 0.3 is 5.97 Å². The molecule has 0 aromatic heterocycles. The average molecular weight is 1370 g/mol. The molecule has 4 aliphatic heterocycles. The number of ether oxygens (including phenoxy) is 9. The molecule has 9 aliphatic rings. The van der Waals surface area contributed by atoms with Crippen molar-refractivity contribution >= 4 is 18.2 Å². The number of aliphatic hydroxyl groups is 11. The fraction of sp³-hybridized carbons (Fsp3) is 0.767. The molecule has 11 unspecified atom stereocenters. The zero-order chi connectivity index (χ0) is 69.9. The van der Waals surface area contributed by atoms with E-state index < -0.39 is 174 Å². The predicted octanol–water partition coefficient (Wildman–Crippen LogP) is 4.31. The molecule has 2 aromatic carbocycles. The van der Waals surface area contributed by atoms with Crippen LogP contribution in [0.15, 0.2) is 66.2 Å². The molecule has 0 radical (unpaired) electrons. The number of unbranched alkanes of at least 4 members (excludes halogenated alkanes) is 5. The summed E-state index contributed by atoms with van der Waals surface area (Å²) in [5, 5.41) is 126. The first kappa shape index (κ1) is 74.1. The number of aryl methyl sites for hydroxylation is 1. The van der Waals surface area contributed by atoms with Crippen molar-refractivity contribution in [2.45, 2.75) is 287 Å². The van der Waals surface area contributed by atoms with Crippen LogP contribution in [-0.2, 0) is 58.7 Å². The van der Waals surface area contributed by atoms with Crippen LogP contribution in [0.4, 0.5) is 0 Å². The maximum Gasteiger partial charge on any atom is 0.317 e. The zero-order valence-electron chi connectivity index (χ0n) is 57.3. The second-order valence-electron chi connectivity index (χ2n) is 31.5. The van der Waals surface area contributed by atoms with E-state index >= 15 is 4.79 Å². The Hall–Kier alpha value is -4.13. The van der Waals surface area contributed by atoms with E-state index in [2.05, 4.69) is 58.1 Å². The molecule has 24 heteroatoms. The van der Waals surface area contributed by atoms with Crippen LogP contribution < -0.4 is 10.1 Å². The standard InChI is InChI=1S/C73H107NO23/c1-38-50(78)53(81)61(96-64-58(86)55(83)59(39(2)91-64)94-63-56(84)51(79)45(76)36-89-63)66(90-38)97-67(88)73-32-31-68(3,4)34-44(73)43-25-26-47-69(5)29-28-49(70(6,37-75)46(69)27-30-71(47,7)72(43,8)35-48(73)77)93-65-57(85)52(80)54(82)60(95-65)62(87)74-33-17-12-10-9-11-14-18-40-21-23-42(24-22-40)92-41-19-15-13-16-20-41/h13,15-16,19-25,37-39,44-61,63-66,76-86H,9-12,14,17-18,26-36H2,1-8H3,(H,74,87)/t38?,39?,44?,45-,46-,47?,48?,49+,50+,51+,52+,53+,54+,55-,56?,57?,58?,59+,60?,61?,63+,64+,65-,66+,69?,70-,71+,72-,73-/m1/s1. The summed E-state index contributed by atoms with van der Waals surface area (Å²) in [5.41, 5.74) is -2.33. The summed E-state index contributed by atoms with van der Waals surface area (Å²) in [6.45, 7) is 15.7. The minimum Gasteiger partial charge on any atom is -0.457 e. The van der Waals surface area contributed by atoms with Crippen molar-refractivity contribution in [3.63, 3.8) is 0 Å². The smallest absolute Gasteiger partial charge is 0.317 e. The highest BCUT2D eigenvalue weighted by Crippen LogP contribution is 2.76. The number of hydrogen-bond donors (Lipinski definition) is 12. The van der Waals surface area contributed by atoms with Gasteiger partial charge in [-0.25, -0.2) is 0 Å². The third-order valence-corrected chi connectivity index (χ3v) is 25.0. The van der Waals surface area contributed by atoms with Gasteiger partial charge in [0.2, 0.25) is 6.29 Å². The molecule has 1 amide bonds. The maximum atomic E-state index is 15.6. The van der Waals surface area contributed by atoms with Crippen LogP contribution in [0.25, 0.3) is 0 Å². The van der Waals surface area contributed by atoms with E-state index in [1.54, 1.807) is 0 Å². The number of fused-ring (bicyclic) bond motifs is 7. The third-order valence-electron chi connectivity index (χ3n) is 25.0. The van der Waals surface area contributed by atoms with Crippen molar-refractivity contribution in [1.82, 2.24) is 5.32 Å². The van der Waals surface area contributed by atoms with Gasteiger partial charge in [0.15, 0.2) is 31.1 Å². The highest BCUT2D eigenvalue weighted by molar-refractivity contribution is 5.82. The Morgan fingerprint density at radius 1 is 0.598 bits per heavy atom. The van der Waals surface area contributed by atoms with E-state index in [0.29, 0.717) is 57.9 Å². The molecule has 8 fully saturated rings. The lowest BCUT2D eigenvalue weighted by atomic mass is 9.33. The van der Waals surface area contributed by atoms with Crippen molar-refractivity contribution in [2.75, 3.05) is 13.2 Å². The van der Waals surface area contributed by atoms with Crippen LogP contribution in [0.2, 0.25) is 0 Å². The van der Waals surface area contributed by atoms with Crippen molar-refractivity contribution in [3.8, 4) is 11.5 Å². The second-order valence-corrected chi connectivity index (χ2v) is 31.5. The third kappa shape index (κ3) is 13.9. The van der Waals surface area contributed by atoms with Crippen LogP contribution in [0.5, 0.6) is 11.5 Å². The Labute approximate surface area is 568 Å². The number of hydrogen-bond acceptors (Lipinski definition) is 23. The number of para-hydroxylation sites is 1. The average Bonchev–Trinajstić information content (AvgIpc) is 0.672. The van der Waals surface area contributed by atoms with Crippen LogP contribution in [0, 0.1) is 50.2 Å². The summed E-state index contributed by atoms with van der Waals surface area (Å²) in [7, 11) is 0. The molecule has 542 valence electrons. The van der Waals surface area contributed by atoms with E-state index in [4.69, 9.17) is 42.6 Å². The summed E-state index contributed by atoms with van der Waals surface area (Å²) >= 11 is 0. The lowest BCUT2D eigenvalue weighted by Gasteiger charge is -2.71. The summed E-state index contributed by atoms with van der Waals surface area (Å²) in [6, 6.07) is 17.8. The molecule has 4 saturated carbocycles. The molecule has 4 saturated heterocycles. The van der Waals surface area contributed by atoms with Gasteiger partial charge in [-0.05, 0) is 160 Å². The zero-order valence-corrected chi connectivity index (χ0v) is 57.3. The number of carbonyl (C=O) groups is 3. The molecule has 11 rings (SSSR count). The van der Waals surface area contributed by atoms with Crippen LogP contribution >= 0.6 is 0 Å². The topological polar surface area (TPSA) is 369 Å². The van der Waals surface area contributed by atoms with Gasteiger partial charge in [0.1, 0.15) is 90.3 Å². The van der Waals surface area contributed by atoms with Crippen molar-refractivity contribution in [1.29, 1.82) is 0 Å². The molecule has 12 N–H and O–H groups in total. The van der Waals surface area contributed by atoms with Gasteiger partial charge in [-0.1, -0.05) is 109 Å². The number of amides is 1.